The van der Waals surface area contributed by atoms with Crippen LogP contribution in [0.5, 0.6) is 0 Å². The van der Waals surface area contributed by atoms with Gasteiger partial charge in [-0.05, 0) is 41.0 Å². The van der Waals surface area contributed by atoms with Crippen molar-refractivity contribution in [1.82, 2.24) is 25.1 Å². The van der Waals surface area contributed by atoms with Crippen molar-refractivity contribution in [2.75, 3.05) is 37.7 Å². The number of aromatic nitrogens is 4. The smallest absolute Gasteiger partial charge is 0.173 e. The highest BCUT2D eigenvalue weighted by Crippen LogP contribution is 2.30. The van der Waals surface area contributed by atoms with Crippen LogP contribution in [0.2, 0.25) is 0 Å². The van der Waals surface area contributed by atoms with Gasteiger partial charge in [-0.25, -0.2) is 9.07 Å². The van der Waals surface area contributed by atoms with Crippen LogP contribution in [0.4, 0.5) is 10.1 Å². The molecule has 2 aromatic carbocycles. The van der Waals surface area contributed by atoms with Gasteiger partial charge >= 0.3 is 0 Å². The average molecular weight is 423 g/mol. The van der Waals surface area contributed by atoms with Crippen molar-refractivity contribution in [2.45, 2.75) is 31.5 Å². The minimum atomic E-state index is -0.170. The van der Waals surface area contributed by atoms with Gasteiger partial charge in [-0.15, -0.1) is 5.10 Å². The van der Waals surface area contributed by atoms with Crippen molar-refractivity contribution in [3.63, 3.8) is 0 Å². The molecule has 2 aliphatic rings. The van der Waals surface area contributed by atoms with Crippen LogP contribution in [0, 0.1) is 5.82 Å². The number of ether oxygens (including phenoxy) is 1. The Morgan fingerprint density at radius 2 is 1.77 bits per heavy atom. The zero-order chi connectivity index (χ0) is 21.0. The Hall–Kier alpha value is -2.84. The van der Waals surface area contributed by atoms with E-state index in [9.17, 15) is 4.39 Å². The molecule has 0 radical (unpaired) electrons. The number of hydrogen-bond acceptors (Lipinski definition) is 6. The van der Waals surface area contributed by atoms with E-state index >= 15 is 0 Å². The summed E-state index contributed by atoms with van der Waals surface area (Å²) in [7, 11) is 0. The number of tetrazole rings is 1. The normalized spacial score (nSPS) is 20.8. The van der Waals surface area contributed by atoms with Gasteiger partial charge in [-0.3, -0.25) is 4.90 Å². The van der Waals surface area contributed by atoms with E-state index in [1.807, 2.05) is 35.0 Å². The first-order valence-corrected chi connectivity index (χ1v) is 11.0. The van der Waals surface area contributed by atoms with Gasteiger partial charge in [0.2, 0.25) is 0 Å². The molecule has 0 spiro atoms. The van der Waals surface area contributed by atoms with Gasteiger partial charge in [0.05, 0.1) is 24.4 Å². The first-order valence-electron chi connectivity index (χ1n) is 11.0. The van der Waals surface area contributed by atoms with Crippen molar-refractivity contribution in [3.8, 4) is 0 Å². The minimum absolute atomic E-state index is 0.0552. The maximum atomic E-state index is 14.3. The molecule has 7 nitrogen and oxygen atoms in total. The Balaban J connectivity index is 1.39. The Labute approximate surface area is 181 Å². The summed E-state index contributed by atoms with van der Waals surface area (Å²) in [5.41, 5.74) is 1.83. The second-order valence-corrected chi connectivity index (χ2v) is 8.14. The highest BCUT2D eigenvalue weighted by molar-refractivity contribution is 5.48. The summed E-state index contributed by atoms with van der Waals surface area (Å²) in [6.45, 7) is 4.56. The molecule has 2 atom stereocenters. The number of hydrogen-bond donors (Lipinski definition) is 0. The summed E-state index contributed by atoms with van der Waals surface area (Å²) in [4.78, 5) is 4.51. The Bertz CT molecular complexity index is 982. The molecule has 0 aliphatic carbocycles. The SMILES string of the molecule is Fc1ccccc1N1CCN([C@H](c2ccccc2)c2nnnn2C[C@H]2CCCO2)CC1. The molecule has 0 saturated carbocycles. The van der Waals surface area contributed by atoms with Crippen molar-refractivity contribution in [2.24, 2.45) is 0 Å². The van der Waals surface area contributed by atoms with Gasteiger partial charge in [0.15, 0.2) is 5.82 Å². The molecule has 2 aliphatic heterocycles. The topological polar surface area (TPSA) is 59.3 Å². The lowest BCUT2D eigenvalue weighted by molar-refractivity contribution is 0.0906. The fourth-order valence-electron chi connectivity index (χ4n) is 4.61. The van der Waals surface area contributed by atoms with E-state index in [4.69, 9.17) is 4.74 Å². The number of benzene rings is 2. The largest absolute Gasteiger partial charge is 0.376 e. The third-order valence-corrected chi connectivity index (χ3v) is 6.19. The number of anilines is 1. The second-order valence-electron chi connectivity index (χ2n) is 8.14. The summed E-state index contributed by atoms with van der Waals surface area (Å²) in [6.07, 6.45) is 2.29. The van der Waals surface area contributed by atoms with Gasteiger partial charge < -0.3 is 9.64 Å². The number of rotatable bonds is 6. The molecular weight excluding hydrogens is 395 g/mol. The van der Waals surface area contributed by atoms with Gasteiger partial charge in [0.25, 0.3) is 0 Å². The van der Waals surface area contributed by atoms with Crippen molar-refractivity contribution < 1.29 is 9.13 Å². The molecule has 3 heterocycles. The molecule has 2 saturated heterocycles. The third-order valence-electron chi connectivity index (χ3n) is 6.19. The van der Waals surface area contributed by atoms with Crippen LogP contribution in [-0.2, 0) is 11.3 Å². The molecule has 5 rings (SSSR count). The first-order chi connectivity index (χ1) is 15.3. The van der Waals surface area contributed by atoms with E-state index in [0.29, 0.717) is 12.2 Å². The molecule has 0 unspecified atom stereocenters. The molecule has 31 heavy (non-hydrogen) atoms. The summed E-state index contributed by atoms with van der Waals surface area (Å²) >= 11 is 0. The summed E-state index contributed by atoms with van der Waals surface area (Å²) < 4.78 is 22.0. The lowest BCUT2D eigenvalue weighted by atomic mass is 10.0. The van der Waals surface area contributed by atoms with E-state index < -0.39 is 0 Å². The summed E-state index contributed by atoms with van der Waals surface area (Å²) in [6, 6.07) is 17.3. The zero-order valence-corrected chi connectivity index (χ0v) is 17.5. The van der Waals surface area contributed by atoms with E-state index in [1.165, 1.54) is 6.07 Å². The predicted octanol–water partition coefficient (Wildman–Crippen LogP) is 2.90. The van der Waals surface area contributed by atoms with E-state index in [2.05, 4.69) is 37.5 Å². The van der Waals surface area contributed by atoms with Gasteiger partial charge in [0, 0.05) is 32.8 Å². The second kappa shape index (κ2) is 9.11. The van der Waals surface area contributed by atoms with E-state index in [-0.39, 0.29) is 18.0 Å². The molecule has 1 aromatic heterocycles. The van der Waals surface area contributed by atoms with E-state index in [0.717, 1.165) is 57.0 Å². The van der Waals surface area contributed by atoms with Crippen molar-refractivity contribution >= 4 is 5.69 Å². The monoisotopic (exact) mass is 422 g/mol. The predicted molar refractivity (Wildman–Crippen MR) is 115 cm³/mol. The Morgan fingerprint density at radius 1 is 1.00 bits per heavy atom. The minimum Gasteiger partial charge on any atom is -0.376 e. The van der Waals surface area contributed by atoms with Crippen LogP contribution < -0.4 is 4.90 Å². The lowest BCUT2D eigenvalue weighted by Crippen LogP contribution is -2.48. The van der Waals surface area contributed by atoms with Gasteiger partial charge in [-0.1, -0.05) is 42.5 Å². The van der Waals surface area contributed by atoms with Gasteiger partial charge in [-0.2, -0.15) is 0 Å². The molecule has 0 N–H and O–H groups in total. The maximum absolute atomic E-state index is 14.3. The van der Waals surface area contributed by atoms with Crippen molar-refractivity contribution in [1.29, 1.82) is 0 Å². The summed E-state index contributed by atoms with van der Waals surface area (Å²) in [5, 5.41) is 12.7. The highest BCUT2D eigenvalue weighted by atomic mass is 19.1. The van der Waals surface area contributed by atoms with Crippen LogP contribution >= 0.6 is 0 Å². The lowest BCUT2D eigenvalue weighted by Gasteiger charge is -2.40. The molecule has 3 aromatic rings. The Kier molecular flexibility index (Phi) is 5.90. The van der Waals surface area contributed by atoms with Crippen LogP contribution in [-0.4, -0.2) is 64.0 Å². The zero-order valence-electron chi connectivity index (χ0n) is 17.5. The number of halogens is 1. The number of nitrogens with zero attached hydrogens (tertiary/aromatic N) is 6. The molecule has 0 bridgehead atoms. The first kappa shape index (κ1) is 20.1. The molecule has 2 fully saturated rings. The molecule has 8 heteroatoms. The van der Waals surface area contributed by atoms with Crippen molar-refractivity contribution in [3.05, 3.63) is 71.8 Å². The van der Waals surface area contributed by atoms with Gasteiger partial charge in [0.1, 0.15) is 5.82 Å². The summed E-state index contributed by atoms with van der Waals surface area (Å²) in [5.74, 6) is 0.664. The van der Waals surface area contributed by atoms with Crippen LogP contribution in [0.1, 0.15) is 30.3 Å². The number of para-hydroxylation sites is 1. The molecule has 162 valence electrons. The van der Waals surface area contributed by atoms with Crippen LogP contribution in [0.3, 0.4) is 0 Å². The quantitative estimate of drug-likeness (QED) is 0.609. The van der Waals surface area contributed by atoms with Crippen LogP contribution in [0.25, 0.3) is 0 Å². The standard InChI is InChI=1S/C23H27FN6O/c24-20-10-4-5-11-21(20)28-12-14-29(15-13-28)22(18-7-2-1-3-8-18)23-25-26-27-30(23)17-19-9-6-16-31-19/h1-5,7-8,10-11,19,22H,6,9,12-17H2/t19-,22-/m1/s1. The molecule has 0 amide bonds. The highest BCUT2D eigenvalue weighted by Gasteiger charge is 2.32. The molecular formula is C23H27FN6O. The Morgan fingerprint density at radius 3 is 2.52 bits per heavy atom. The fourth-order valence-corrected chi connectivity index (χ4v) is 4.61. The van der Waals surface area contributed by atoms with E-state index in [1.54, 1.807) is 6.07 Å². The maximum Gasteiger partial charge on any atom is 0.173 e. The average Bonchev–Trinajstić information content (AvgIpc) is 3.49. The fraction of sp³-hybridized carbons (Fsp3) is 0.435. The van der Waals surface area contributed by atoms with Crippen LogP contribution in [0.15, 0.2) is 54.6 Å². The third kappa shape index (κ3) is 4.31. The number of piperazine rings is 1.